The average Bonchev–Trinajstić information content (AvgIpc) is 3.35. The molecule has 1 amide bonds. The van der Waals surface area contributed by atoms with E-state index >= 15 is 0 Å². The number of amides is 1. The van der Waals surface area contributed by atoms with E-state index in [1.165, 1.54) is 24.5 Å². The number of piperazine rings is 1. The number of anilines is 4. The summed E-state index contributed by atoms with van der Waals surface area (Å²) in [5.74, 6) is 0.790. The number of carbonyl (C=O) groups is 1. The first-order valence-electron chi connectivity index (χ1n) is 11.9. The molecule has 1 aromatic carbocycles. The predicted octanol–water partition coefficient (Wildman–Crippen LogP) is 3.59. The van der Waals surface area contributed by atoms with Gasteiger partial charge in [0.1, 0.15) is 28.9 Å². The molecule has 1 saturated heterocycles. The minimum absolute atomic E-state index is 0.0722. The Hall–Kier alpha value is -4.19. The quantitative estimate of drug-likeness (QED) is 0.416. The lowest BCUT2D eigenvalue weighted by Crippen LogP contribution is -2.45. The zero-order valence-corrected chi connectivity index (χ0v) is 21.1. The molecule has 0 unspecified atom stereocenters. The highest BCUT2D eigenvalue weighted by Crippen LogP contribution is 2.27. The van der Waals surface area contributed by atoms with E-state index in [9.17, 15) is 9.18 Å². The number of hydrogen-bond donors (Lipinski definition) is 2. The number of halogens is 1. The zero-order chi connectivity index (χ0) is 26.2. The third kappa shape index (κ3) is 5.33. The Morgan fingerprint density at radius 2 is 1.86 bits per heavy atom. The van der Waals surface area contributed by atoms with E-state index in [4.69, 9.17) is 4.52 Å². The van der Waals surface area contributed by atoms with Crippen molar-refractivity contribution in [2.75, 3.05) is 48.8 Å². The molecule has 0 radical (unpaired) electrons. The highest BCUT2D eigenvalue weighted by molar-refractivity contribution is 6.04. The molecule has 0 bridgehead atoms. The number of benzene rings is 1. The van der Waals surface area contributed by atoms with Crippen LogP contribution in [0.5, 0.6) is 0 Å². The molecular weight excluding hydrogens is 477 g/mol. The number of likely N-dealkylation sites (N-methyl/N-ethyl adjacent to an activating group) is 1. The summed E-state index contributed by atoms with van der Waals surface area (Å²) >= 11 is 0. The first kappa shape index (κ1) is 24.5. The standard InChI is InChI=1S/C25H28FN9O2/c1-25(2,3)19-12-20(33-37-19)31-23(36)15-5-6-16(26)17(11-15)30-22-21-18(28-14-29-22)13-27-24(32-21)35-9-7-34(4)8-10-35/h5-6,11-14H,7-10H2,1-4H3,(H,28,29,30)(H,31,33,36). The van der Waals surface area contributed by atoms with Gasteiger partial charge in [-0.15, -0.1) is 0 Å². The van der Waals surface area contributed by atoms with Gasteiger partial charge >= 0.3 is 0 Å². The third-order valence-electron chi connectivity index (χ3n) is 6.12. The Morgan fingerprint density at radius 1 is 1.08 bits per heavy atom. The van der Waals surface area contributed by atoms with Gasteiger partial charge in [-0.1, -0.05) is 25.9 Å². The van der Waals surface area contributed by atoms with Crippen molar-refractivity contribution in [3.05, 3.63) is 53.9 Å². The molecular formula is C25H28FN9O2. The summed E-state index contributed by atoms with van der Waals surface area (Å²) in [5, 5.41) is 9.57. The molecule has 1 aliphatic heterocycles. The van der Waals surface area contributed by atoms with Crippen molar-refractivity contribution < 1.29 is 13.7 Å². The molecule has 1 fully saturated rings. The number of rotatable bonds is 5. The van der Waals surface area contributed by atoms with Crippen LogP contribution >= 0.6 is 0 Å². The molecule has 0 saturated carbocycles. The number of nitrogens with zero attached hydrogens (tertiary/aromatic N) is 7. The minimum Gasteiger partial charge on any atom is -0.359 e. The lowest BCUT2D eigenvalue weighted by molar-refractivity contribution is 0.102. The van der Waals surface area contributed by atoms with Crippen molar-refractivity contribution in [2.45, 2.75) is 26.2 Å². The Morgan fingerprint density at radius 3 is 2.59 bits per heavy atom. The van der Waals surface area contributed by atoms with Gasteiger partial charge in [-0.2, -0.15) is 0 Å². The van der Waals surface area contributed by atoms with Gasteiger partial charge in [0.05, 0.1) is 11.9 Å². The van der Waals surface area contributed by atoms with Crippen molar-refractivity contribution in [2.24, 2.45) is 0 Å². The van der Waals surface area contributed by atoms with E-state index in [0.717, 1.165) is 26.2 Å². The fourth-order valence-electron chi connectivity index (χ4n) is 3.86. The SMILES string of the molecule is CN1CCN(c2ncc3ncnc(Nc4cc(C(=O)Nc5cc(C(C)(C)C)on5)ccc4F)c3n2)CC1. The molecule has 0 aliphatic carbocycles. The first-order valence-corrected chi connectivity index (χ1v) is 11.9. The fraction of sp³-hybridized carbons (Fsp3) is 0.360. The van der Waals surface area contributed by atoms with Gasteiger partial charge in [0, 0.05) is 43.2 Å². The zero-order valence-electron chi connectivity index (χ0n) is 21.1. The van der Waals surface area contributed by atoms with Crippen molar-refractivity contribution >= 4 is 40.2 Å². The molecule has 5 rings (SSSR count). The summed E-state index contributed by atoms with van der Waals surface area (Å²) in [6, 6.07) is 5.69. The molecule has 1 aliphatic rings. The van der Waals surface area contributed by atoms with E-state index < -0.39 is 11.7 Å². The van der Waals surface area contributed by atoms with Crippen molar-refractivity contribution in [1.82, 2.24) is 30.0 Å². The summed E-state index contributed by atoms with van der Waals surface area (Å²) in [5.41, 5.74) is 1.03. The van der Waals surface area contributed by atoms with E-state index in [2.05, 4.69) is 52.6 Å². The van der Waals surface area contributed by atoms with Crippen LogP contribution in [0.4, 0.5) is 27.7 Å². The third-order valence-corrected chi connectivity index (χ3v) is 6.12. The van der Waals surface area contributed by atoms with Crippen LogP contribution in [0.1, 0.15) is 36.9 Å². The van der Waals surface area contributed by atoms with Gasteiger partial charge in [0.2, 0.25) is 5.95 Å². The van der Waals surface area contributed by atoms with Crippen LogP contribution in [0.25, 0.3) is 11.0 Å². The molecule has 2 N–H and O–H groups in total. The molecule has 4 heterocycles. The second kappa shape index (κ2) is 9.69. The van der Waals surface area contributed by atoms with Crippen molar-refractivity contribution in [1.29, 1.82) is 0 Å². The van der Waals surface area contributed by atoms with Crippen LogP contribution in [-0.4, -0.2) is 69.1 Å². The second-order valence-corrected chi connectivity index (χ2v) is 10.0. The monoisotopic (exact) mass is 505 g/mol. The summed E-state index contributed by atoms with van der Waals surface area (Å²) in [6.45, 7) is 9.35. The summed E-state index contributed by atoms with van der Waals surface area (Å²) < 4.78 is 20.1. The van der Waals surface area contributed by atoms with Gasteiger partial charge in [0.25, 0.3) is 5.91 Å². The number of carbonyl (C=O) groups excluding carboxylic acids is 1. The summed E-state index contributed by atoms with van der Waals surface area (Å²) in [4.78, 5) is 34.8. The molecule has 12 heteroatoms. The first-order chi connectivity index (χ1) is 17.7. The minimum atomic E-state index is -0.548. The van der Waals surface area contributed by atoms with Crippen LogP contribution in [0.3, 0.4) is 0 Å². The van der Waals surface area contributed by atoms with Gasteiger partial charge in [-0.05, 0) is 25.2 Å². The van der Waals surface area contributed by atoms with Crippen LogP contribution in [0.15, 0.2) is 41.3 Å². The van der Waals surface area contributed by atoms with E-state index in [1.807, 2.05) is 20.8 Å². The summed E-state index contributed by atoms with van der Waals surface area (Å²) in [6.07, 6.45) is 2.99. The number of fused-ring (bicyclic) bond motifs is 1. The highest BCUT2D eigenvalue weighted by Gasteiger charge is 2.21. The molecule has 4 aromatic rings. The normalized spacial score (nSPS) is 14.7. The molecule has 0 atom stereocenters. The molecule has 0 spiro atoms. The van der Waals surface area contributed by atoms with Crippen LogP contribution in [0.2, 0.25) is 0 Å². The van der Waals surface area contributed by atoms with E-state index in [-0.39, 0.29) is 22.5 Å². The number of hydrogen-bond acceptors (Lipinski definition) is 10. The Balaban J connectivity index is 1.39. The van der Waals surface area contributed by atoms with Crippen LogP contribution < -0.4 is 15.5 Å². The van der Waals surface area contributed by atoms with Gasteiger partial charge in [-0.3, -0.25) is 4.79 Å². The second-order valence-electron chi connectivity index (χ2n) is 10.0. The van der Waals surface area contributed by atoms with Gasteiger partial charge < -0.3 is 25.0 Å². The van der Waals surface area contributed by atoms with Crippen LogP contribution in [0, 0.1) is 5.82 Å². The number of aromatic nitrogens is 5. The van der Waals surface area contributed by atoms with Crippen LogP contribution in [-0.2, 0) is 5.41 Å². The van der Waals surface area contributed by atoms with Crippen molar-refractivity contribution in [3.63, 3.8) is 0 Å². The van der Waals surface area contributed by atoms with E-state index in [1.54, 1.807) is 12.3 Å². The topological polar surface area (TPSA) is 125 Å². The van der Waals surface area contributed by atoms with E-state index in [0.29, 0.717) is 28.6 Å². The molecule has 11 nitrogen and oxygen atoms in total. The Kier molecular flexibility index (Phi) is 6.42. The maximum absolute atomic E-state index is 14.8. The molecule has 192 valence electrons. The van der Waals surface area contributed by atoms with Gasteiger partial charge in [0.15, 0.2) is 11.6 Å². The average molecular weight is 506 g/mol. The lowest BCUT2D eigenvalue weighted by atomic mass is 9.93. The highest BCUT2D eigenvalue weighted by atomic mass is 19.1. The summed E-state index contributed by atoms with van der Waals surface area (Å²) in [7, 11) is 2.08. The fourth-order valence-corrected chi connectivity index (χ4v) is 3.86. The number of nitrogens with one attached hydrogen (secondary N) is 2. The van der Waals surface area contributed by atoms with Gasteiger partial charge in [-0.25, -0.2) is 24.3 Å². The van der Waals surface area contributed by atoms with Crippen molar-refractivity contribution in [3.8, 4) is 0 Å². The molecule has 37 heavy (non-hydrogen) atoms. The maximum Gasteiger partial charge on any atom is 0.256 e. The lowest BCUT2D eigenvalue weighted by Gasteiger charge is -2.32. The Labute approximate surface area is 213 Å². The largest absolute Gasteiger partial charge is 0.359 e. The predicted molar refractivity (Wildman–Crippen MR) is 138 cm³/mol. The Bertz CT molecular complexity index is 1440. The molecule has 3 aromatic heterocycles. The maximum atomic E-state index is 14.8. The smallest absolute Gasteiger partial charge is 0.256 e.